The summed E-state index contributed by atoms with van der Waals surface area (Å²) in [5.41, 5.74) is -0.973. The predicted octanol–water partition coefficient (Wildman–Crippen LogP) is 5.98. The molecule has 0 spiro atoms. The molecule has 2 unspecified atom stereocenters. The Hall–Kier alpha value is -4.92. The van der Waals surface area contributed by atoms with Gasteiger partial charge in [-0.1, -0.05) is 19.9 Å². The van der Waals surface area contributed by atoms with Crippen LogP contribution in [0.4, 0.5) is 22.4 Å². The molecule has 1 aromatic heterocycles. The van der Waals surface area contributed by atoms with Crippen molar-refractivity contribution in [1.29, 1.82) is 0 Å². The van der Waals surface area contributed by atoms with Crippen molar-refractivity contribution in [2.24, 2.45) is 11.3 Å². The molecule has 2 aromatic carbocycles. The quantitative estimate of drug-likeness (QED) is 0.0942. The van der Waals surface area contributed by atoms with Crippen LogP contribution < -0.4 is 4.74 Å². The maximum absolute atomic E-state index is 15.4. The third-order valence-electron chi connectivity index (χ3n) is 8.46. The Morgan fingerprint density at radius 1 is 1.14 bits per heavy atom. The number of esters is 1. The zero-order valence-corrected chi connectivity index (χ0v) is 28.4. The number of aromatic nitrogens is 2. The zero-order chi connectivity index (χ0) is 36.9. The first kappa shape index (κ1) is 37.9. The van der Waals surface area contributed by atoms with Crippen LogP contribution in [0.2, 0.25) is 0 Å². The first-order valence-corrected chi connectivity index (χ1v) is 15.7. The molecule has 1 fully saturated rings. The van der Waals surface area contributed by atoms with Gasteiger partial charge in [0.2, 0.25) is 0 Å². The molecule has 0 saturated carbocycles. The van der Waals surface area contributed by atoms with Crippen LogP contribution in [0.15, 0.2) is 55.3 Å². The number of halogens is 4. The number of hydrogen-bond donors (Lipinski definition) is 1. The van der Waals surface area contributed by atoms with Crippen molar-refractivity contribution in [3.8, 4) is 17.0 Å². The molecule has 1 aliphatic heterocycles. The van der Waals surface area contributed by atoms with Crippen molar-refractivity contribution >= 4 is 18.0 Å². The summed E-state index contributed by atoms with van der Waals surface area (Å²) < 4.78 is 76.9. The molecule has 1 saturated heterocycles. The average molecular weight is 705 g/mol. The Kier molecular flexibility index (Phi) is 11.9. The zero-order valence-electron chi connectivity index (χ0n) is 28.4. The lowest BCUT2D eigenvalue weighted by Gasteiger charge is -2.42. The fourth-order valence-corrected chi connectivity index (χ4v) is 5.97. The van der Waals surface area contributed by atoms with E-state index in [1.165, 1.54) is 41.8 Å². The Bertz CT molecular complexity index is 1730. The number of imidazole rings is 1. The van der Waals surface area contributed by atoms with E-state index in [0.717, 1.165) is 36.1 Å². The molecule has 2 amide bonds. The van der Waals surface area contributed by atoms with E-state index >= 15 is 8.78 Å². The Balaban J connectivity index is 1.95. The molecule has 15 heteroatoms. The van der Waals surface area contributed by atoms with Crippen LogP contribution in [0.1, 0.15) is 45.1 Å². The lowest BCUT2D eigenvalue weighted by molar-refractivity contribution is -0.160. The van der Waals surface area contributed by atoms with E-state index in [2.05, 4.69) is 6.58 Å². The molecule has 1 N–H and O–H groups in total. The van der Waals surface area contributed by atoms with E-state index in [1.807, 2.05) is 0 Å². The summed E-state index contributed by atoms with van der Waals surface area (Å²) in [5, 5.41) is 9.54. The molecular weight excluding hydrogens is 664 g/mol. The van der Waals surface area contributed by atoms with Crippen LogP contribution in [-0.4, -0.2) is 88.2 Å². The molecule has 11 nitrogen and oxygen atoms in total. The fraction of sp³-hybridized carbons (Fsp3) is 0.429. The van der Waals surface area contributed by atoms with Crippen LogP contribution in [0.5, 0.6) is 5.75 Å². The highest BCUT2D eigenvalue weighted by Crippen LogP contribution is 2.42. The third kappa shape index (κ3) is 8.80. The highest BCUT2D eigenvalue weighted by molar-refractivity contribution is 5.83. The summed E-state index contributed by atoms with van der Waals surface area (Å²) >= 11 is 0. The highest BCUT2D eigenvalue weighted by atomic mass is 19.1. The Morgan fingerprint density at radius 2 is 1.86 bits per heavy atom. The molecular formula is C35H40F4N4O7. The second kappa shape index (κ2) is 15.7. The number of likely N-dealkylation sites (tertiary alicyclic amines) is 1. The first-order chi connectivity index (χ1) is 23.5. The van der Waals surface area contributed by atoms with Gasteiger partial charge in [0.05, 0.1) is 18.3 Å². The molecule has 4 rings (SSSR count). The molecule has 0 bridgehead atoms. The molecule has 0 aliphatic carbocycles. The highest BCUT2D eigenvalue weighted by Gasteiger charge is 2.45. The van der Waals surface area contributed by atoms with E-state index in [-0.39, 0.29) is 49.3 Å². The van der Waals surface area contributed by atoms with Gasteiger partial charge in [0.25, 0.3) is 5.91 Å². The minimum atomic E-state index is -1.65. The molecule has 2 heterocycles. The van der Waals surface area contributed by atoms with Crippen LogP contribution in [0.3, 0.4) is 0 Å². The molecule has 3 aromatic rings. The van der Waals surface area contributed by atoms with Crippen molar-refractivity contribution in [2.75, 3.05) is 33.5 Å². The monoisotopic (exact) mass is 704 g/mol. The molecule has 0 radical (unpaired) electrons. The Labute approximate surface area is 287 Å². The number of carbonyl (C=O) groups excluding carboxylic acids is 2. The van der Waals surface area contributed by atoms with Crippen molar-refractivity contribution in [2.45, 2.75) is 52.6 Å². The lowest BCUT2D eigenvalue weighted by atomic mass is 9.82. The Morgan fingerprint density at radius 3 is 2.48 bits per heavy atom. The normalized spacial score (nSPS) is 17.3. The smallest absolute Gasteiger partial charge is 0.407 e. The van der Waals surface area contributed by atoms with Crippen LogP contribution >= 0.6 is 0 Å². The van der Waals surface area contributed by atoms with Gasteiger partial charge in [-0.3, -0.25) is 9.59 Å². The fourth-order valence-electron chi connectivity index (χ4n) is 5.97. The number of nitrogens with zero attached hydrogens (tertiary/aromatic N) is 4. The summed E-state index contributed by atoms with van der Waals surface area (Å²) in [7, 11) is 1.40. The second-order valence-electron chi connectivity index (χ2n) is 12.7. The van der Waals surface area contributed by atoms with Gasteiger partial charge in [0.1, 0.15) is 35.2 Å². The minimum Gasteiger partial charge on any atom is -0.467 e. The number of alkyl halides is 1. The van der Waals surface area contributed by atoms with E-state index < -0.39 is 71.6 Å². The van der Waals surface area contributed by atoms with Crippen molar-refractivity contribution in [3.05, 3.63) is 84.1 Å². The first-order valence-electron chi connectivity index (χ1n) is 15.7. The summed E-state index contributed by atoms with van der Waals surface area (Å²) in [5.74, 6) is -4.44. The standard InChI is InChI=1S/C35H40F4N4O7/c1-7-35(4,5)31(43(33(45)20(2)50-21(3)44)16-23-15-42(34(46)47)17-29(23)39)32-40-30(27-13-24(36)8-9-28(27)38)18-41(32)14-22-10-25(37)12-26(11-22)49-19-48-6/h7-13,18,20,23,29,31H,1,14-17,19H2,2-6H3,(H,46,47)/t20-,23?,29?,31-/m0/s1. The van der Waals surface area contributed by atoms with Gasteiger partial charge in [-0.05, 0) is 42.8 Å². The lowest BCUT2D eigenvalue weighted by Crippen LogP contribution is -2.50. The predicted molar refractivity (Wildman–Crippen MR) is 173 cm³/mol. The number of hydrogen-bond acceptors (Lipinski definition) is 7. The number of carbonyl (C=O) groups is 3. The maximum atomic E-state index is 15.4. The maximum Gasteiger partial charge on any atom is 0.407 e. The van der Waals surface area contributed by atoms with E-state index in [4.69, 9.17) is 19.2 Å². The van der Waals surface area contributed by atoms with Gasteiger partial charge < -0.3 is 33.7 Å². The topological polar surface area (TPSA) is 123 Å². The largest absolute Gasteiger partial charge is 0.467 e. The van der Waals surface area contributed by atoms with Crippen LogP contribution in [-0.2, 0) is 25.6 Å². The van der Waals surface area contributed by atoms with Gasteiger partial charge in [-0.25, -0.2) is 27.3 Å². The van der Waals surface area contributed by atoms with E-state index in [1.54, 1.807) is 19.9 Å². The third-order valence-corrected chi connectivity index (χ3v) is 8.46. The summed E-state index contributed by atoms with van der Waals surface area (Å²) in [6.07, 6.45) is -1.39. The van der Waals surface area contributed by atoms with Gasteiger partial charge >= 0.3 is 12.1 Å². The van der Waals surface area contributed by atoms with Gasteiger partial charge in [0.15, 0.2) is 12.9 Å². The number of carboxylic acid groups (broad SMARTS) is 1. The van der Waals surface area contributed by atoms with Crippen LogP contribution in [0, 0.1) is 28.8 Å². The molecule has 1 aliphatic rings. The number of ether oxygens (including phenoxy) is 3. The average Bonchev–Trinajstić information content (AvgIpc) is 3.62. The molecule has 270 valence electrons. The number of amides is 2. The SMILES string of the molecule is C=CC(C)(C)[C@H](c1nc(-c2cc(F)ccc2F)cn1Cc1cc(F)cc(OCOC)c1)N(CC1CN(C(=O)O)CC1F)C(=O)[C@H](C)OC(C)=O. The molecule has 4 atom stereocenters. The summed E-state index contributed by atoms with van der Waals surface area (Å²) in [6.45, 7) is 8.57. The van der Waals surface area contributed by atoms with Crippen molar-refractivity contribution in [1.82, 2.24) is 19.4 Å². The van der Waals surface area contributed by atoms with Crippen LogP contribution in [0.25, 0.3) is 11.3 Å². The number of rotatable bonds is 14. The number of benzene rings is 2. The summed E-state index contributed by atoms with van der Waals surface area (Å²) in [4.78, 5) is 44.7. The van der Waals surface area contributed by atoms with Crippen molar-refractivity contribution < 1.29 is 51.3 Å². The summed E-state index contributed by atoms with van der Waals surface area (Å²) in [6, 6.07) is 5.61. The minimum absolute atomic E-state index is 0.0316. The second-order valence-corrected chi connectivity index (χ2v) is 12.7. The van der Waals surface area contributed by atoms with Gasteiger partial charge in [-0.2, -0.15) is 0 Å². The molecule has 50 heavy (non-hydrogen) atoms. The van der Waals surface area contributed by atoms with Crippen molar-refractivity contribution in [3.63, 3.8) is 0 Å². The van der Waals surface area contributed by atoms with Gasteiger partial charge in [0, 0.05) is 62.8 Å². The van der Waals surface area contributed by atoms with E-state index in [9.17, 15) is 28.3 Å². The number of methoxy groups -OCH3 is 1. The van der Waals surface area contributed by atoms with E-state index in [0.29, 0.717) is 5.56 Å². The van der Waals surface area contributed by atoms with Gasteiger partial charge in [-0.15, -0.1) is 6.58 Å².